The van der Waals surface area contributed by atoms with Crippen LogP contribution in [0, 0.1) is 0 Å². The number of rotatable bonds is 9. The lowest BCUT2D eigenvalue weighted by Gasteiger charge is -2.08. The van der Waals surface area contributed by atoms with E-state index < -0.39 is 10.8 Å². The van der Waals surface area contributed by atoms with Gasteiger partial charge in [-0.25, -0.2) is 4.98 Å². The number of nitrogens with one attached hydrogen (secondary N) is 2. The van der Waals surface area contributed by atoms with Crippen molar-refractivity contribution >= 4 is 22.4 Å². The molecule has 0 aliphatic carbocycles. The molecule has 0 amide bonds. The number of nitrogens with zero attached hydrogens (tertiary/aromatic N) is 1. The van der Waals surface area contributed by atoms with Crippen LogP contribution in [0.15, 0.2) is 0 Å². The van der Waals surface area contributed by atoms with E-state index in [1.807, 2.05) is 6.92 Å². The number of aromatic amines is 1. The lowest BCUT2D eigenvalue weighted by Crippen LogP contribution is -2.21. The molecule has 19 heavy (non-hydrogen) atoms. The SMILES string of the molecule is CCCCc1nc(Cl)c(CNCCC(C)S(C)=O)[nH]1. The minimum absolute atomic E-state index is 0.227. The Balaban J connectivity index is 2.32. The molecule has 0 bridgehead atoms. The van der Waals surface area contributed by atoms with E-state index >= 15 is 0 Å². The van der Waals surface area contributed by atoms with Gasteiger partial charge in [-0.15, -0.1) is 0 Å². The number of aryl methyl sites for hydroxylation is 1. The standard InChI is InChI=1S/C13H24ClN3OS/c1-4-5-6-12-16-11(13(14)17-12)9-15-8-7-10(2)19(3)18/h10,15H,4-9H2,1-3H3,(H,16,17). The highest BCUT2D eigenvalue weighted by Gasteiger charge is 2.08. The molecular weight excluding hydrogens is 282 g/mol. The van der Waals surface area contributed by atoms with Gasteiger partial charge in [0.2, 0.25) is 0 Å². The molecule has 4 nitrogen and oxygen atoms in total. The van der Waals surface area contributed by atoms with Gasteiger partial charge in [0, 0.05) is 35.3 Å². The molecular formula is C13H24ClN3OS. The van der Waals surface area contributed by atoms with E-state index in [2.05, 4.69) is 22.2 Å². The number of imidazole rings is 1. The first kappa shape index (κ1) is 16.7. The summed E-state index contributed by atoms with van der Waals surface area (Å²) in [6.45, 7) is 5.68. The fraction of sp³-hybridized carbons (Fsp3) is 0.769. The van der Waals surface area contributed by atoms with E-state index in [0.29, 0.717) is 11.7 Å². The van der Waals surface area contributed by atoms with E-state index in [0.717, 1.165) is 43.7 Å². The third kappa shape index (κ3) is 6.06. The highest BCUT2D eigenvalue weighted by Crippen LogP contribution is 2.14. The van der Waals surface area contributed by atoms with Gasteiger partial charge < -0.3 is 10.3 Å². The van der Waals surface area contributed by atoms with Crippen molar-refractivity contribution in [2.75, 3.05) is 12.8 Å². The second kappa shape index (κ2) is 8.72. The second-order valence-electron chi connectivity index (χ2n) is 4.83. The van der Waals surface area contributed by atoms with Crippen molar-refractivity contribution in [3.8, 4) is 0 Å². The maximum atomic E-state index is 11.2. The maximum absolute atomic E-state index is 11.2. The van der Waals surface area contributed by atoms with Crippen molar-refractivity contribution < 1.29 is 4.21 Å². The Bertz CT molecular complexity index is 409. The first-order chi connectivity index (χ1) is 9.04. The zero-order valence-electron chi connectivity index (χ0n) is 12.0. The van der Waals surface area contributed by atoms with Crippen LogP contribution in [0.3, 0.4) is 0 Å². The van der Waals surface area contributed by atoms with E-state index in [-0.39, 0.29) is 5.25 Å². The molecule has 0 saturated heterocycles. The molecule has 2 atom stereocenters. The molecule has 0 aliphatic heterocycles. The number of aromatic nitrogens is 2. The summed E-state index contributed by atoms with van der Waals surface area (Å²) in [5.74, 6) is 0.965. The van der Waals surface area contributed by atoms with Crippen LogP contribution >= 0.6 is 11.6 Å². The van der Waals surface area contributed by atoms with E-state index in [4.69, 9.17) is 11.6 Å². The number of hydrogen-bond acceptors (Lipinski definition) is 3. The predicted octanol–water partition coefficient (Wildman–Crippen LogP) is 2.65. The number of unbranched alkanes of at least 4 members (excludes halogenated alkanes) is 1. The summed E-state index contributed by atoms with van der Waals surface area (Å²) >= 11 is 6.08. The van der Waals surface area contributed by atoms with E-state index in [1.54, 1.807) is 6.26 Å². The third-order valence-electron chi connectivity index (χ3n) is 3.14. The van der Waals surface area contributed by atoms with Crippen molar-refractivity contribution in [2.45, 2.75) is 51.3 Å². The minimum atomic E-state index is -0.749. The lowest BCUT2D eigenvalue weighted by molar-refractivity contribution is 0.623. The molecule has 1 aromatic heterocycles. The van der Waals surface area contributed by atoms with E-state index in [9.17, 15) is 4.21 Å². The molecule has 0 saturated carbocycles. The Morgan fingerprint density at radius 2 is 2.26 bits per heavy atom. The second-order valence-corrected chi connectivity index (χ2v) is 6.99. The molecule has 2 unspecified atom stereocenters. The van der Waals surface area contributed by atoms with Crippen LogP contribution in [0.1, 0.15) is 44.6 Å². The summed E-state index contributed by atoms with van der Waals surface area (Å²) in [6.07, 6.45) is 5.87. The normalized spacial score (nSPS) is 14.5. The molecule has 1 rings (SSSR count). The van der Waals surface area contributed by atoms with Crippen LogP contribution in [-0.4, -0.2) is 32.2 Å². The molecule has 6 heteroatoms. The average Bonchev–Trinajstić information content (AvgIpc) is 2.72. The third-order valence-corrected chi connectivity index (χ3v) is 4.82. The van der Waals surface area contributed by atoms with Gasteiger partial charge in [0.25, 0.3) is 0 Å². The topological polar surface area (TPSA) is 57.8 Å². The Morgan fingerprint density at radius 1 is 1.53 bits per heavy atom. The Morgan fingerprint density at radius 3 is 2.89 bits per heavy atom. The summed E-state index contributed by atoms with van der Waals surface area (Å²) in [6, 6.07) is 0. The largest absolute Gasteiger partial charge is 0.344 e. The number of H-pyrrole nitrogens is 1. The highest BCUT2D eigenvalue weighted by atomic mass is 35.5. The predicted molar refractivity (Wildman–Crippen MR) is 82.1 cm³/mol. The highest BCUT2D eigenvalue weighted by molar-refractivity contribution is 7.84. The van der Waals surface area contributed by atoms with Crippen molar-refractivity contribution in [1.82, 2.24) is 15.3 Å². The summed E-state index contributed by atoms with van der Waals surface area (Å²) in [5.41, 5.74) is 0.943. The first-order valence-electron chi connectivity index (χ1n) is 6.80. The van der Waals surface area contributed by atoms with Gasteiger partial charge in [-0.1, -0.05) is 31.9 Å². The van der Waals surface area contributed by atoms with Crippen LogP contribution in [0.5, 0.6) is 0 Å². The van der Waals surface area contributed by atoms with Gasteiger partial charge in [-0.3, -0.25) is 4.21 Å². The van der Waals surface area contributed by atoms with Gasteiger partial charge >= 0.3 is 0 Å². The molecule has 0 spiro atoms. The summed E-state index contributed by atoms with van der Waals surface area (Å²) < 4.78 is 11.2. The molecule has 1 aromatic rings. The van der Waals surface area contributed by atoms with Gasteiger partial charge in [0.05, 0.1) is 5.69 Å². The van der Waals surface area contributed by atoms with Crippen molar-refractivity contribution in [2.24, 2.45) is 0 Å². The monoisotopic (exact) mass is 305 g/mol. The van der Waals surface area contributed by atoms with Crippen molar-refractivity contribution in [3.05, 3.63) is 16.7 Å². The minimum Gasteiger partial charge on any atom is -0.344 e. The molecule has 0 aromatic carbocycles. The molecule has 0 aliphatic rings. The lowest BCUT2D eigenvalue weighted by atomic mass is 10.2. The Labute approximate surface area is 123 Å². The maximum Gasteiger partial charge on any atom is 0.151 e. The van der Waals surface area contributed by atoms with Gasteiger partial charge in [0.1, 0.15) is 5.82 Å². The van der Waals surface area contributed by atoms with Gasteiger partial charge in [0.15, 0.2) is 5.15 Å². The number of hydrogen-bond donors (Lipinski definition) is 2. The van der Waals surface area contributed by atoms with Crippen LogP contribution < -0.4 is 5.32 Å². The van der Waals surface area contributed by atoms with E-state index in [1.165, 1.54) is 0 Å². The van der Waals surface area contributed by atoms with Crippen LogP contribution in [-0.2, 0) is 23.8 Å². The zero-order chi connectivity index (χ0) is 14.3. The first-order valence-corrected chi connectivity index (χ1v) is 8.80. The van der Waals surface area contributed by atoms with Crippen LogP contribution in [0.4, 0.5) is 0 Å². The zero-order valence-corrected chi connectivity index (χ0v) is 13.5. The Kier molecular flexibility index (Phi) is 7.64. The van der Waals surface area contributed by atoms with Crippen molar-refractivity contribution in [3.63, 3.8) is 0 Å². The molecule has 2 N–H and O–H groups in total. The average molecular weight is 306 g/mol. The molecule has 1 heterocycles. The van der Waals surface area contributed by atoms with Crippen LogP contribution in [0.2, 0.25) is 5.15 Å². The summed E-state index contributed by atoms with van der Waals surface area (Å²) in [7, 11) is -0.749. The Hall–Kier alpha value is -0.390. The number of halogens is 1. The summed E-state index contributed by atoms with van der Waals surface area (Å²) in [4.78, 5) is 7.57. The molecule has 0 fully saturated rings. The summed E-state index contributed by atoms with van der Waals surface area (Å²) in [5, 5.41) is 4.10. The van der Waals surface area contributed by atoms with Gasteiger partial charge in [-0.05, 0) is 19.4 Å². The van der Waals surface area contributed by atoms with Gasteiger partial charge in [-0.2, -0.15) is 0 Å². The molecule has 110 valence electrons. The fourth-order valence-electron chi connectivity index (χ4n) is 1.70. The quantitative estimate of drug-likeness (QED) is 0.690. The van der Waals surface area contributed by atoms with Crippen LogP contribution in [0.25, 0.3) is 0 Å². The molecule has 0 radical (unpaired) electrons. The fourth-order valence-corrected chi connectivity index (χ4v) is 2.37. The smallest absolute Gasteiger partial charge is 0.151 e. The van der Waals surface area contributed by atoms with Crippen molar-refractivity contribution in [1.29, 1.82) is 0 Å².